The number of hydrogen-bond acceptors (Lipinski definition) is 7. The number of nitrogens with one attached hydrogen (secondary N) is 1. The fourth-order valence-electron chi connectivity index (χ4n) is 2.71. The number of aromatic nitrogens is 2. The van der Waals surface area contributed by atoms with Crippen LogP contribution in [0.4, 0.5) is 10.1 Å². The normalized spacial score (nSPS) is 10.5. The van der Waals surface area contributed by atoms with Crippen LogP contribution in [0.3, 0.4) is 0 Å². The van der Waals surface area contributed by atoms with Crippen LogP contribution in [-0.4, -0.2) is 37.4 Å². The van der Waals surface area contributed by atoms with Gasteiger partial charge < -0.3 is 24.1 Å². The summed E-state index contributed by atoms with van der Waals surface area (Å²) in [6.07, 6.45) is 0.299. The molecule has 29 heavy (non-hydrogen) atoms. The Labute approximate surface area is 166 Å². The quantitative estimate of drug-likeness (QED) is 0.617. The summed E-state index contributed by atoms with van der Waals surface area (Å²) in [4.78, 5) is 16.4. The summed E-state index contributed by atoms with van der Waals surface area (Å²) in [5.41, 5.74) is 0.728. The molecule has 0 radical (unpaired) electrons. The lowest BCUT2D eigenvalue weighted by atomic mass is 10.2. The summed E-state index contributed by atoms with van der Waals surface area (Å²) in [5, 5.41) is 6.53. The number of carbonyl (C=O) groups excluding carboxylic acids is 1. The molecule has 3 aromatic rings. The molecule has 0 aliphatic rings. The number of benzene rings is 2. The van der Waals surface area contributed by atoms with E-state index in [0.717, 1.165) is 0 Å². The molecule has 1 heterocycles. The number of anilines is 1. The van der Waals surface area contributed by atoms with Crippen LogP contribution < -0.4 is 19.5 Å². The predicted octanol–water partition coefficient (Wildman–Crippen LogP) is 3.47. The molecule has 0 bridgehead atoms. The zero-order chi connectivity index (χ0) is 20.8. The van der Waals surface area contributed by atoms with Crippen LogP contribution in [0.5, 0.6) is 17.2 Å². The van der Waals surface area contributed by atoms with Gasteiger partial charge in [-0.1, -0.05) is 17.3 Å². The smallest absolute Gasteiger partial charge is 0.227 e. The third-order valence-corrected chi connectivity index (χ3v) is 4.10. The van der Waals surface area contributed by atoms with E-state index in [2.05, 4.69) is 15.5 Å². The minimum absolute atomic E-state index is 0.0928. The number of amides is 1. The van der Waals surface area contributed by atoms with Gasteiger partial charge in [0.2, 0.25) is 23.4 Å². The van der Waals surface area contributed by atoms with Crippen LogP contribution in [-0.2, 0) is 11.2 Å². The van der Waals surface area contributed by atoms with Crippen molar-refractivity contribution < 1.29 is 27.9 Å². The minimum atomic E-state index is -0.444. The van der Waals surface area contributed by atoms with E-state index < -0.39 is 5.82 Å². The van der Waals surface area contributed by atoms with Gasteiger partial charge in [0, 0.05) is 30.7 Å². The first-order valence-electron chi connectivity index (χ1n) is 8.73. The van der Waals surface area contributed by atoms with E-state index in [1.165, 1.54) is 27.4 Å². The molecule has 0 aliphatic heterocycles. The molecular weight excluding hydrogens is 381 g/mol. The average Bonchev–Trinajstić information content (AvgIpc) is 3.20. The van der Waals surface area contributed by atoms with E-state index in [1.807, 2.05) is 0 Å². The van der Waals surface area contributed by atoms with Crippen LogP contribution in [0.15, 0.2) is 40.9 Å². The topological polar surface area (TPSA) is 95.7 Å². The van der Waals surface area contributed by atoms with E-state index in [1.54, 1.807) is 30.3 Å². The van der Waals surface area contributed by atoms with Gasteiger partial charge in [-0.3, -0.25) is 4.79 Å². The van der Waals surface area contributed by atoms with Gasteiger partial charge in [0.25, 0.3) is 0 Å². The summed E-state index contributed by atoms with van der Waals surface area (Å²) < 4.78 is 34.7. The van der Waals surface area contributed by atoms with Gasteiger partial charge >= 0.3 is 0 Å². The highest BCUT2D eigenvalue weighted by Gasteiger charge is 2.16. The van der Waals surface area contributed by atoms with E-state index in [-0.39, 0.29) is 36.0 Å². The Bertz CT molecular complexity index is 980. The van der Waals surface area contributed by atoms with E-state index >= 15 is 0 Å². The van der Waals surface area contributed by atoms with Crippen molar-refractivity contribution in [1.29, 1.82) is 0 Å². The van der Waals surface area contributed by atoms with Crippen molar-refractivity contribution in [3.63, 3.8) is 0 Å². The van der Waals surface area contributed by atoms with Crippen LogP contribution in [0.1, 0.15) is 12.3 Å². The van der Waals surface area contributed by atoms with Crippen molar-refractivity contribution in [3.05, 3.63) is 48.1 Å². The molecular formula is C20H20FN3O5. The molecule has 0 unspecified atom stereocenters. The molecule has 0 saturated heterocycles. The monoisotopic (exact) mass is 401 g/mol. The van der Waals surface area contributed by atoms with E-state index in [9.17, 15) is 9.18 Å². The van der Waals surface area contributed by atoms with Gasteiger partial charge in [0.05, 0.1) is 26.9 Å². The van der Waals surface area contributed by atoms with E-state index in [0.29, 0.717) is 22.9 Å². The molecule has 0 saturated carbocycles. The Balaban J connectivity index is 1.64. The van der Waals surface area contributed by atoms with Crippen molar-refractivity contribution in [2.45, 2.75) is 12.8 Å². The summed E-state index contributed by atoms with van der Waals surface area (Å²) >= 11 is 0. The minimum Gasteiger partial charge on any atom is -0.493 e. The van der Waals surface area contributed by atoms with Crippen molar-refractivity contribution in [2.75, 3.05) is 26.6 Å². The molecule has 9 heteroatoms. The highest BCUT2D eigenvalue weighted by atomic mass is 19.1. The summed E-state index contributed by atoms with van der Waals surface area (Å²) in [7, 11) is 4.48. The van der Waals surface area contributed by atoms with Crippen LogP contribution in [0, 0.1) is 5.82 Å². The Morgan fingerprint density at radius 3 is 2.41 bits per heavy atom. The molecule has 152 valence electrons. The Morgan fingerprint density at radius 1 is 1.10 bits per heavy atom. The maximum Gasteiger partial charge on any atom is 0.227 e. The fourth-order valence-corrected chi connectivity index (χ4v) is 2.71. The fraction of sp³-hybridized carbons (Fsp3) is 0.250. The van der Waals surface area contributed by atoms with Crippen LogP contribution >= 0.6 is 0 Å². The first kappa shape index (κ1) is 20.1. The summed E-state index contributed by atoms with van der Waals surface area (Å²) in [6.45, 7) is 0. The standard InChI is InChI=1S/C20H20FN3O5/c1-26-15-10-12(11-16(27-2)19(15)28-3)22-17(25)8-9-18-23-20(24-29-18)13-6-4-5-7-14(13)21/h4-7,10-11H,8-9H2,1-3H3,(H,22,25). The lowest BCUT2D eigenvalue weighted by Crippen LogP contribution is -2.12. The molecule has 0 fully saturated rings. The molecule has 0 aliphatic carbocycles. The average molecular weight is 401 g/mol. The SMILES string of the molecule is COc1cc(NC(=O)CCc2nc(-c3ccccc3F)no2)cc(OC)c1OC. The Kier molecular flexibility index (Phi) is 6.28. The molecule has 8 nitrogen and oxygen atoms in total. The van der Waals surface area contributed by atoms with Gasteiger partial charge in [-0.2, -0.15) is 4.98 Å². The van der Waals surface area contributed by atoms with E-state index in [4.69, 9.17) is 18.7 Å². The second-order valence-electron chi connectivity index (χ2n) is 5.95. The van der Waals surface area contributed by atoms with Gasteiger partial charge in [-0.25, -0.2) is 4.39 Å². The van der Waals surface area contributed by atoms with Crippen LogP contribution in [0.2, 0.25) is 0 Å². The van der Waals surface area contributed by atoms with Crippen molar-refractivity contribution in [1.82, 2.24) is 10.1 Å². The summed E-state index contributed by atoms with van der Waals surface area (Å²) in [5.74, 6) is 0.943. The third-order valence-electron chi connectivity index (χ3n) is 4.10. The third kappa shape index (κ3) is 4.63. The largest absolute Gasteiger partial charge is 0.493 e. The van der Waals surface area contributed by atoms with Gasteiger partial charge in [-0.05, 0) is 12.1 Å². The molecule has 1 N–H and O–H groups in total. The highest BCUT2D eigenvalue weighted by Crippen LogP contribution is 2.39. The maximum absolute atomic E-state index is 13.8. The number of methoxy groups -OCH3 is 3. The van der Waals surface area contributed by atoms with Crippen molar-refractivity contribution >= 4 is 11.6 Å². The number of hydrogen-bond donors (Lipinski definition) is 1. The predicted molar refractivity (Wildman–Crippen MR) is 103 cm³/mol. The van der Waals surface area contributed by atoms with Crippen LogP contribution in [0.25, 0.3) is 11.4 Å². The lowest BCUT2D eigenvalue weighted by Gasteiger charge is -2.14. The molecule has 1 aromatic heterocycles. The number of rotatable bonds is 8. The van der Waals surface area contributed by atoms with Gasteiger partial charge in [0.15, 0.2) is 11.5 Å². The summed E-state index contributed by atoms with van der Waals surface area (Å²) in [6, 6.07) is 9.38. The van der Waals surface area contributed by atoms with Gasteiger partial charge in [-0.15, -0.1) is 0 Å². The zero-order valence-corrected chi connectivity index (χ0v) is 16.2. The second-order valence-corrected chi connectivity index (χ2v) is 5.95. The number of halogens is 1. The van der Waals surface area contributed by atoms with Gasteiger partial charge in [0.1, 0.15) is 5.82 Å². The Morgan fingerprint density at radius 2 is 1.79 bits per heavy atom. The van der Waals surface area contributed by atoms with Crippen molar-refractivity contribution in [3.8, 4) is 28.6 Å². The highest BCUT2D eigenvalue weighted by molar-refractivity contribution is 5.91. The van der Waals surface area contributed by atoms with Crippen molar-refractivity contribution in [2.24, 2.45) is 0 Å². The first-order valence-corrected chi connectivity index (χ1v) is 8.73. The molecule has 3 rings (SSSR count). The number of carbonyl (C=O) groups is 1. The Hall–Kier alpha value is -3.62. The molecule has 0 atom stereocenters. The second kappa shape index (κ2) is 9.05. The molecule has 0 spiro atoms. The number of aryl methyl sites for hydroxylation is 1. The number of ether oxygens (including phenoxy) is 3. The first-order chi connectivity index (χ1) is 14.0. The number of nitrogens with zero attached hydrogens (tertiary/aromatic N) is 2. The lowest BCUT2D eigenvalue weighted by molar-refractivity contribution is -0.116. The zero-order valence-electron chi connectivity index (χ0n) is 16.2. The maximum atomic E-state index is 13.8. The molecule has 2 aromatic carbocycles. The molecule has 1 amide bonds.